The van der Waals surface area contributed by atoms with Crippen molar-refractivity contribution in [1.29, 1.82) is 0 Å². The SMILES string of the molecule is CC/C=C\C(C)Cc1cc(C(F)(F)F)ccc1OC. The monoisotopic (exact) mass is 272 g/mol. The van der Waals surface area contributed by atoms with E-state index in [2.05, 4.69) is 0 Å². The van der Waals surface area contributed by atoms with Crippen LogP contribution in [0.5, 0.6) is 5.75 Å². The molecule has 0 heterocycles. The summed E-state index contributed by atoms with van der Waals surface area (Å²) < 4.78 is 43.2. The third-order valence-corrected chi connectivity index (χ3v) is 2.85. The molecule has 1 aromatic rings. The lowest BCUT2D eigenvalue weighted by molar-refractivity contribution is -0.137. The molecule has 19 heavy (non-hydrogen) atoms. The number of methoxy groups -OCH3 is 1. The van der Waals surface area contributed by atoms with Gasteiger partial charge in [-0.1, -0.05) is 26.0 Å². The van der Waals surface area contributed by atoms with Gasteiger partial charge in [0.1, 0.15) is 5.75 Å². The van der Waals surface area contributed by atoms with Gasteiger partial charge in [-0.05, 0) is 42.5 Å². The number of rotatable bonds is 5. The standard InChI is InChI=1S/C15H19F3O/c1-4-5-6-11(2)9-12-10-13(15(16,17)18)7-8-14(12)19-3/h5-8,10-11H,4,9H2,1-3H3/b6-5-. The molecule has 0 aliphatic heterocycles. The van der Waals surface area contributed by atoms with Crippen LogP contribution in [0, 0.1) is 5.92 Å². The van der Waals surface area contributed by atoms with E-state index in [9.17, 15) is 13.2 Å². The van der Waals surface area contributed by atoms with Gasteiger partial charge in [-0.3, -0.25) is 0 Å². The van der Waals surface area contributed by atoms with E-state index in [1.807, 2.05) is 26.0 Å². The molecule has 0 bridgehead atoms. The highest BCUT2D eigenvalue weighted by atomic mass is 19.4. The third kappa shape index (κ3) is 4.62. The predicted octanol–water partition coefficient (Wildman–Crippen LogP) is 4.86. The Morgan fingerprint density at radius 1 is 1.32 bits per heavy atom. The quantitative estimate of drug-likeness (QED) is 0.696. The zero-order valence-corrected chi connectivity index (χ0v) is 11.4. The van der Waals surface area contributed by atoms with Crippen LogP contribution in [0.3, 0.4) is 0 Å². The Hall–Kier alpha value is -1.45. The van der Waals surface area contributed by atoms with E-state index in [1.165, 1.54) is 19.2 Å². The fraction of sp³-hybridized carbons (Fsp3) is 0.467. The zero-order valence-electron chi connectivity index (χ0n) is 11.4. The summed E-state index contributed by atoms with van der Waals surface area (Å²) in [6.07, 6.45) is 1.17. The minimum Gasteiger partial charge on any atom is -0.496 e. The summed E-state index contributed by atoms with van der Waals surface area (Å²) >= 11 is 0. The van der Waals surface area contributed by atoms with Crippen LogP contribution in [-0.2, 0) is 12.6 Å². The Labute approximate surface area is 112 Å². The molecule has 1 aromatic carbocycles. The van der Waals surface area contributed by atoms with Gasteiger partial charge in [0.05, 0.1) is 12.7 Å². The van der Waals surface area contributed by atoms with Crippen LogP contribution in [0.15, 0.2) is 30.4 Å². The summed E-state index contributed by atoms with van der Waals surface area (Å²) in [5, 5.41) is 0. The highest BCUT2D eigenvalue weighted by Gasteiger charge is 2.31. The first-order valence-corrected chi connectivity index (χ1v) is 6.29. The number of alkyl halides is 3. The average molecular weight is 272 g/mol. The lowest BCUT2D eigenvalue weighted by atomic mass is 9.98. The summed E-state index contributed by atoms with van der Waals surface area (Å²) in [7, 11) is 1.47. The average Bonchev–Trinajstić information content (AvgIpc) is 2.35. The Bertz CT molecular complexity index is 436. The second-order valence-corrected chi connectivity index (χ2v) is 4.54. The summed E-state index contributed by atoms with van der Waals surface area (Å²) in [5.41, 5.74) is -0.0412. The van der Waals surface area contributed by atoms with Crippen molar-refractivity contribution in [3.63, 3.8) is 0 Å². The molecule has 0 fully saturated rings. The van der Waals surface area contributed by atoms with Crippen molar-refractivity contribution in [2.75, 3.05) is 7.11 Å². The van der Waals surface area contributed by atoms with E-state index in [0.717, 1.165) is 12.5 Å². The number of hydrogen-bond donors (Lipinski definition) is 0. The van der Waals surface area contributed by atoms with E-state index < -0.39 is 11.7 Å². The molecule has 0 N–H and O–H groups in total. The molecule has 0 saturated heterocycles. The van der Waals surface area contributed by atoms with Crippen LogP contribution in [-0.4, -0.2) is 7.11 Å². The fourth-order valence-electron chi connectivity index (χ4n) is 1.90. The van der Waals surface area contributed by atoms with E-state index in [-0.39, 0.29) is 5.92 Å². The molecule has 0 amide bonds. The summed E-state index contributed by atoms with van der Waals surface area (Å²) in [4.78, 5) is 0. The third-order valence-electron chi connectivity index (χ3n) is 2.85. The van der Waals surface area contributed by atoms with Crippen molar-refractivity contribution >= 4 is 0 Å². The maximum Gasteiger partial charge on any atom is 0.416 e. The number of hydrogen-bond acceptors (Lipinski definition) is 1. The second kappa shape index (κ2) is 6.64. The molecule has 106 valence electrons. The zero-order chi connectivity index (χ0) is 14.5. The normalized spacial score (nSPS) is 13.8. The van der Waals surface area contributed by atoms with E-state index >= 15 is 0 Å². The van der Waals surface area contributed by atoms with E-state index in [1.54, 1.807) is 0 Å². The van der Waals surface area contributed by atoms with E-state index in [4.69, 9.17) is 4.74 Å². The Balaban J connectivity index is 2.99. The van der Waals surface area contributed by atoms with Crippen LogP contribution in [0.4, 0.5) is 13.2 Å². The van der Waals surface area contributed by atoms with Crippen molar-refractivity contribution in [2.24, 2.45) is 5.92 Å². The molecule has 1 unspecified atom stereocenters. The smallest absolute Gasteiger partial charge is 0.416 e. The molecule has 1 atom stereocenters. The lowest BCUT2D eigenvalue weighted by Crippen LogP contribution is -2.07. The number of allylic oxidation sites excluding steroid dienone is 2. The van der Waals surface area contributed by atoms with Gasteiger partial charge in [0, 0.05) is 0 Å². The molecule has 4 heteroatoms. The Morgan fingerprint density at radius 2 is 2.00 bits per heavy atom. The van der Waals surface area contributed by atoms with Gasteiger partial charge in [0.15, 0.2) is 0 Å². The van der Waals surface area contributed by atoms with Gasteiger partial charge in [0.2, 0.25) is 0 Å². The van der Waals surface area contributed by atoms with Gasteiger partial charge >= 0.3 is 6.18 Å². The topological polar surface area (TPSA) is 9.23 Å². The number of halogens is 3. The first-order chi connectivity index (χ1) is 8.88. The number of ether oxygens (including phenoxy) is 1. The molecular weight excluding hydrogens is 253 g/mol. The first kappa shape index (κ1) is 15.6. The molecule has 0 aliphatic carbocycles. The van der Waals surface area contributed by atoms with Crippen LogP contribution < -0.4 is 4.74 Å². The Morgan fingerprint density at radius 3 is 2.53 bits per heavy atom. The predicted molar refractivity (Wildman–Crippen MR) is 70.3 cm³/mol. The van der Waals surface area contributed by atoms with Gasteiger partial charge < -0.3 is 4.74 Å². The fourth-order valence-corrected chi connectivity index (χ4v) is 1.90. The molecule has 0 aliphatic rings. The van der Waals surface area contributed by atoms with Crippen LogP contribution >= 0.6 is 0 Å². The van der Waals surface area contributed by atoms with Crippen molar-refractivity contribution in [3.8, 4) is 5.75 Å². The lowest BCUT2D eigenvalue weighted by Gasteiger charge is -2.14. The van der Waals surface area contributed by atoms with Crippen LogP contribution in [0.25, 0.3) is 0 Å². The highest BCUT2D eigenvalue weighted by Crippen LogP contribution is 2.33. The molecule has 0 aromatic heterocycles. The van der Waals surface area contributed by atoms with Gasteiger partial charge in [-0.25, -0.2) is 0 Å². The van der Waals surface area contributed by atoms with Crippen molar-refractivity contribution in [3.05, 3.63) is 41.5 Å². The molecule has 1 nitrogen and oxygen atoms in total. The molecule has 0 saturated carbocycles. The van der Waals surface area contributed by atoms with Gasteiger partial charge in [-0.15, -0.1) is 0 Å². The van der Waals surface area contributed by atoms with Gasteiger partial charge in [-0.2, -0.15) is 13.2 Å². The summed E-state index contributed by atoms with van der Waals surface area (Å²) in [5.74, 6) is 0.682. The van der Waals surface area contributed by atoms with Crippen LogP contribution in [0.2, 0.25) is 0 Å². The second-order valence-electron chi connectivity index (χ2n) is 4.54. The summed E-state index contributed by atoms with van der Waals surface area (Å²) in [6, 6.07) is 3.61. The van der Waals surface area contributed by atoms with Crippen molar-refractivity contribution < 1.29 is 17.9 Å². The van der Waals surface area contributed by atoms with Crippen molar-refractivity contribution in [2.45, 2.75) is 32.9 Å². The first-order valence-electron chi connectivity index (χ1n) is 6.29. The molecule has 1 rings (SSSR count). The maximum absolute atomic E-state index is 12.7. The Kier molecular flexibility index (Phi) is 5.45. The highest BCUT2D eigenvalue weighted by molar-refractivity contribution is 5.38. The largest absolute Gasteiger partial charge is 0.496 e. The summed E-state index contributed by atoms with van der Waals surface area (Å²) in [6.45, 7) is 4.00. The molecule has 0 radical (unpaired) electrons. The van der Waals surface area contributed by atoms with Crippen molar-refractivity contribution in [1.82, 2.24) is 0 Å². The minimum atomic E-state index is -4.32. The van der Waals surface area contributed by atoms with Crippen LogP contribution in [0.1, 0.15) is 31.4 Å². The molecule has 0 spiro atoms. The van der Waals surface area contributed by atoms with E-state index in [0.29, 0.717) is 17.7 Å². The van der Waals surface area contributed by atoms with Gasteiger partial charge in [0.25, 0.3) is 0 Å². The minimum absolute atomic E-state index is 0.178. The number of benzene rings is 1. The molecular formula is C15H19F3O. The maximum atomic E-state index is 12.7.